The highest BCUT2D eigenvalue weighted by molar-refractivity contribution is 5.98. The third-order valence-electron chi connectivity index (χ3n) is 2.86. The molecular formula is C14H15NO3. The molecule has 2 aromatic rings. The van der Waals surface area contributed by atoms with Crippen molar-refractivity contribution in [3.63, 3.8) is 0 Å². The van der Waals surface area contributed by atoms with E-state index in [0.29, 0.717) is 11.3 Å². The smallest absolute Gasteiger partial charge is 0.340 e. The Morgan fingerprint density at radius 1 is 1.33 bits per heavy atom. The van der Waals surface area contributed by atoms with Crippen molar-refractivity contribution < 1.29 is 14.6 Å². The number of carbonyl (C=O) groups is 1. The fourth-order valence-electron chi connectivity index (χ4n) is 2.04. The summed E-state index contributed by atoms with van der Waals surface area (Å²) in [5, 5.41) is 9.62. The van der Waals surface area contributed by atoms with E-state index < -0.39 is 5.97 Å². The number of ether oxygens (including phenoxy) is 1. The molecule has 2 rings (SSSR count). The maximum absolute atomic E-state index is 11.9. The average molecular weight is 245 g/mol. The molecule has 94 valence electrons. The highest BCUT2D eigenvalue weighted by Crippen LogP contribution is 2.22. The van der Waals surface area contributed by atoms with E-state index in [1.165, 1.54) is 0 Å². The van der Waals surface area contributed by atoms with Gasteiger partial charge < -0.3 is 9.84 Å². The van der Waals surface area contributed by atoms with Gasteiger partial charge in [-0.2, -0.15) is 0 Å². The Labute approximate surface area is 105 Å². The summed E-state index contributed by atoms with van der Waals surface area (Å²) in [7, 11) is 0. The molecule has 0 aliphatic heterocycles. The van der Waals surface area contributed by atoms with Crippen LogP contribution in [0.25, 0.3) is 10.9 Å². The van der Waals surface area contributed by atoms with E-state index >= 15 is 0 Å². The van der Waals surface area contributed by atoms with E-state index in [-0.39, 0.29) is 13.2 Å². The summed E-state index contributed by atoms with van der Waals surface area (Å²) in [4.78, 5) is 16.3. The number of aliphatic hydroxyl groups excluding tert-OH is 1. The van der Waals surface area contributed by atoms with E-state index in [9.17, 15) is 4.79 Å². The SMILES string of the molecule is Cc1nc2ccccc2c(C)c1C(=O)OCCO. The van der Waals surface area contributed by atoms with E-state index in [1.807, 2.05) is 31.2 Å². The number of rotatable bonds is 3. The number of pyridine rings is 1. The Kier molecular flexibility index (Phi) is 3.58. The van der Waals surface area contributed by atoms with Crippen molar-refractivity contribution in [2.24, 2.45) is 0 Å². The molecular weight excluding hydrogens is 230 g/mol. The maximum atomic E-state index is 11.9. The number of carbonyl (C=O) groups excluding carboxylic acids is 1. The van der Waals surface area contributed by atoms with Gasteiger partial charge in [-0.1, -0.05) is 18.2 Å². The Hall–Kier alpha value is -1.94. The summed E-state index contributed by atoms with van der Waals surface area (Å²) >= 11 is 0. The molecule has 4 heteroatoms. The topological polar surface area (TPSA) is 59.4 Å². The van der Waals surface area contributed by atoms with Crippen LogP contribution < -0.4 is 0 Å². The number of benzene rings is 1. The number of para-hydroxylation sites is 1. The summed E-state index contributed by atoms with van der Waals surface area (Å²) in [6.07, 6.45) is 0. The van der Waals surface area contributed by atoms with Gasteiger partial charge in [0.05, 0.1) is 23.4 Å². The van der Waals surface area contributed by atoms with Gasteiger partial charge in [-0.3, -0.25) is 4.98 Å². The zero-order valence-electron chi connectivity index (χ0n) is 10.4. The van der Waals surface area contributed by atoms with Crippen molar-refractivity contribution in [3.8, 4) is 0 Å². The zero-order chi connectivity index (χ0) is 13.1. The lowest BCUT2D eigenvalue weighted by Crippen LogP contribution is -2.13. The van der Waals surface area contributed by atoms with Crippen LogP contribution in [0.5, 0.6) is 0 Å². The third kappa shape index (κ3) is 2.19. The number of aliphatic hydroxyl groups is 1. The molecule has 1 heterocycles. The van der Waals surface area contributed by atoms with Gasteiger partial charge in [0.25, 0.3) is 0 Å². The summed E-state index contributed by atoms with van der Waals surface area (Å²) in [6, 6.07) is 7.67. The van der Waals surface area contributed by atoms with Crippen molar-refractivity contribution >= 4 is 16.9 Å². The first kappa shape index (κ1) is 12.5. The molecule has 4 nitrogen and oxygen atoms in total. The number of hydrogen-bond donors (Lipinski definition) is 1. The summed E-state index contributed by atoms with van der Waals surface area (Å²) in [6.45, 7) is 3.50. The van der Waals surface area contributed by atoms with E-state index in [2.05, 4.69) is 4.98 Å². The van der Waals surface area contributed by atoms with Crippen LogP contribution in [-0.4, -0.2) is 29.3 Å². The predicted molar refractivity (Wildman–Crippen MR) is 68.6 cm³/mol. The standard InChI is InChI=1S/C14H15NO3/c1-9-11-5-3-4-6-12(11)15-10(2)13(9)14(17)18-8-7-16/h3-6,16H,7-8H2,1-2H3. The molecule has 0 spiro atoms. The quantitative estimate of drug-likeness (QED) is 0.840. The molecule has 0 atom stereocenters. The van der Waals surface area contributed by atoms with Gasteiger partial charge in [0, 0.05) is 5.39 Å². The number of aromatic nitrogens is 1. The Balaban J connectivity index is 2.53. The van der Waals surface area contributed by atoms with E-state index in [1.54, 1.807) is 6.92 Å². The number of nitrogens with zero attached hydrogens (tertiary/aromatic N) is 1. The number of esters is 1. The minimum Gasteiger partial charge on any atom is -0.460 e. The van der Waals surface area contributed by atoms with Crippen LogP contribution in [0, 0.1) is 13.8 Å². The summed E-state index contributed by atoms with van der Waals surface area (Å²) < 4.78 is 4.96. The molecule has 0 unspecified atom stereocenters. The minimum absolute atomic E-state index is 0.00450. The largest absolute Gasteiger partial charge is 0.460 e. The van der Waals surface area contributed by atoms with Crippen LogP contribution in [0.15, 0.2) is 24.3 Å². The predicted octanol–water partition coefficient (Wildman–Crippen LogP) is 2.00. The van der Waals surface area contributed by atoms with E-state index in [0.717, 1.165) is 16.5 Å². The monoisotopic (exact) mass is 245 g/mol. The molecule has 0 saturated carbocycles. The Morgan fingerprint density at radius 3 is 2.78 bits per heavy atom. The van der Waals surface area contributed by atoms with Gasteiger partial charge >= 0.3 is 5.97 Å². The van der Waals surface area contributed by atoms with Gasteiger partial charge in [0.2, 0.25) is 0 Å². The molecule has 0 bridgehead atoms. The van der Waals surface area contributed by atoms with Crippen LogP contribution in [0.2, 0.25) is 0 Å². The Bertz CT molecular complexity index is 593. The first-order valence-electron chi connectivity index (χ1n) is 5.79. The second-order valence-electron chi connectivity index (χ2n) is 4.07. The van der Waals surface area contributed by atoms with Crippen LogP contribution in [0.1, 0.15) is 21.6 Å². The maximum Gasteiger partial charge on any atom is 0.340 e. The van der Waals surface area contributed by atoms with Gasteiger partial charge in [0.15, 0.2) is 0 Å². The first-order chi connectivity index (χ1) is 8.65. The van der Waals surface area contributed by atoms with Gasteiger partial charge in [-0.15, -0.1) is 0 Å². The van der Waals surface area contributed by atoms with Crippen molar-refractivity contribution in [1.82, 2.24) is 4.98 Å². The molecule has 1 N–H and O–H groups in total. The van der Waals surface area contributed by atoms with Crippen LogP contribution in [-0.2, 0) is 4.74 Å². The molecule has 0 aliphatic carbocycles. The second kappa shape index (κ2) is 5.14. The molecule has 0 fully saturated rings. The number of fused-ring (bicyclic) bond motifs is 1. The average Bonchev–Trinajstić information content (AvgIpc) is 2.36. The molecule has 0 saturated heterocycles. The van der Waals surface area contributed by atoms with E-state index in [4.69, 9.17) is 9.84 Å². The lowest BCUT2D eigenvalue weighted by molar-refractivity contribution is 0.0432. The molecule has 0 amide bonds. The highest BCUT2D eigenvalue weighted by Gasteiger charge is 2.17. The molecule has 0 radical (unpaired) electrons. The lowest BCUT2D eigenvalue weighted by Gasteiger charge is -2.11. The fraction of sp³-hybridized carbons (Fsp3) is 0.286. The first-order valence-corrected chi connectivity index (χ1v) is 5.79. The summed E-state index contributed by atoms with van der Waals surface area (Å²) in [5.74, 6) is -0.433. The van der Waals surface area contributed by atoms with Gasteiger partial charge in [-0.25, -0.2) is 4.79 Å². The van der Waals surface area contributed by atoms with Crippen molar-refractivity contribution in [1.29, 1.82) is 0 Å². The molecule has 1 aromatic carbocycles. The van der Waals surface area contributed by atoms with Crippen molar-refractivity contribution in [2.75, 3.05) is 13.2 Å². The van der Waals surface area contributed by atoms with Crippen molar-refractivity contribution in [3.05, 3.63) is 41.1 Å². The zero-order valence-corrected chi connectivity index (χ0v) is 10.4. The Morgan fingerprint density at radius 2 is 2.06 bits per heavy atom. The van der Waals surface area contributed by atoms with Crippen LogP contribution >= 0.6 is 0 Å². The minimum atomic E-state index is -0.433. The molecule has 0 aliphatic rings. The van der Waals surface area contributed by atoms with Crippen LogP contribution in [0.3, 0.4) is 0 Å². The highest BCUT2D eigenvalue weighted by atomic mass is 16.5. The van der Waals surface area contributed by atoms with Gasteiger partial charge in [-0.05, 0) is 25.5 Å². The van der Waals surface area contributed by atoms with Crippen LogP contribution in [0.4, 0.5) is 0 Å². The molecule has 1 aromatic heterocycles. The third-order valence-corrected chi connectivity index (χ3v) is 2.86. The summed E-state index contributed by atoms with van der Waals surface area (Å²) in [5.41, 5.74) is 2.86. The van der Waals surface area contributed by atoms with Gasteiger partial charge in [0.1, 0.15) is 6.61 Å². The number of aryl methyl sites for hydroxylation is 2. The normalized spacial score (nSPS) is 10.6. The number of hydrogen-bond acceptors (Lipinski definition) is 4. The van der Waals surface area contributed by atoms with Crippen molar-refractivity contribution in [2.45, 2.75) is 13.8 Å². The molecule has 18 heavy (non-hydrogen) atoms. The lowest BCUT2D eigenvalue weighted by atomic mass is 10.0. The second-order valence-corrected chi connectivity index (χ2v) is 4.07. The fourth-order valence-corrected chi connectivity index (χ4v) is 2.04.